The zero-order valence-electron chi connectivity index (χ0n) is 26.8. The van der Waals surface area contributed by atoms with Gasteiger partial charge in [-0.1, -0.05) is 50.6 Å². The van der Waals surface area contributed by atoms with Crippen LogP contribution in [0.15, 0.2) is 77.7 Å². The third-order valence-corrected chi connectivity index (χ3v) is 9.97. The molecule has 2 N–H and O–H groups in total. The molecule has 1 saturated heterocycles. The molecule has 1 fully saturated rings. The predicted molar refractivity (Wildman–Crippen MR) is 173 cm³/mol. The van der Waals surface area contributed by atoms with E-state index >= 15 is 0 Å². The number of amides is 2. The van der Waals surface area contributed by atoms with Crippen molar-refractivity contribution in [2.24, 2.45) is 5.92 Å². The number of anilines is 1. The molecule has 0 aliphatic carbocycles. The number of ketones is 1. The second-order valence-electron chi connectivity index (χ2n) is 11.6. The number of nitrogens with zero attached hydrogens (tertiary/aromatic N) is 2. The minimum atomic E-state index is -4.29. The molecule has 11 nitrogen and oxygen atoms in total. The van der Waals surface area contributed by atoms with Gasteiger partial charge in [0.1, 0.15) is 0 Å². The molecule has 1 aliphatic rings. The number of hydrogen-bond donors (Lipinski definition) is 2. The molecule has 0 unspecified atom stereocenters. The Morgan fingerprint density at radius 3 is 2.38 bits per heavy atom. The topological polar surface area (TPSA) is 143 Å². The number of carbonyl (C=O) groups is 3. The summed E-state index contributed by atoms with van der Waals surface area (Å²) in [5.41, 5.74) is 1.67. The van der Waals surface area contributed by atoms with Crippen molar-refractivity contribution in [3.8, 4) is 5.75 Å². The Hall–Kier alpha value is -4.33. The van der Waals surface area contributed by atoms with E-state index in [1.54, 1.807) is 36.4 Å². The summed E-state index contributed by atoms with van der Waals surface area (Å²) < 4.78 is 53.5. The standard InChI is InChI=1S/C34H40FN3O8S/c1-5-22(2)19-37(47(43,44)27-15-16-31(45-4)28(35)18-27)20-30(40)29(17-24-9-7-6-8-10-24)36-33(41)32-21-38(34(42)46-32)26-13-11-25(12-14-26)23(3)39/h6-16,18,22,29-30,32,40H,5,17,19-21H2,1-4H3,(H,36,41)/t22-,29-,30+,32-/m0/s1. The van der Waals surface area contributed by atoms with Gasteiger partial charge in [0.15, 0.2) is 23.5 Å². The van der Waals surface area contributed by atoms with Gasteiger partial charge in [-0.25, -0.2) is 17.6 Å². The fraction of sp³-hybridized carbons (Fsp3) is 0.382. The monoisotopic (exact) mass is 669 g/mol. The maximum atomic E-state index is 14.6. The first kappa shape index (κ1) is 35.5. The third kappa shape index (κ3) is 8.73. The minimum Gasteiger partial charge on any atom is -0.494 e. The number of aliphatic hydroxyl groups is 1. The Morgan fingerprint density at radius 2 is 1.79 bits per heavy atom. The number of sulfonamides is 1. The average Bonchev–Trinajstić information content (AvgIpc) is 3.45. The summed E-state index contributed by atoms with van der Waals surface area (Å²) in [7, 11) is -3.01. The third-order valence-electron chi connectivity index (χ3n) is 8.14. The lowest BCUT2D eigenvalue weighted by atomic mass is 10.0. The van der Waals surface area contributed by atoms with E-state index in [9.17, 15) is 32.3 Å². The number of rotatable bonds is 15. The molecule has 0 radical (unpaired) electrons. The highest BCUT2D eigenvalue weighted by molar-refractivity contribution is 7.89. The first-order valence-electron chi connectivity index (χ1n) is 15.3. The molecule has 4 atom stereocenters. The SMILES string of the molecule is CC[C@H](C)CN(C[C@@H](O)[C@H](Cc1ccccc1)NC(=O)[C@@H]1CN(c2ccc(C(C)=O)cc2)C(=O)O1)S(=O)(=O)c1ccc(OC)c(F)c1. The van der Waals surface area contributed by atoms with Crippen LogP contribution < -0.4 is 15.0 Å². The first-order valence-corrected chi connectivity index (χ1v) is 16.7. The molecule has 3 aromatic rings. The van der Waals surface area contributed by atoms with Crippen LogP contribution in [-0.2, 0) is 26.0 Å². The molecule has 0 bridgehead atoms. The van der Waals surface area contributed by atoms with E-state index in [0.717, 1.165) is 15.9 Å². The van der Waals surface area contributed by atoms with Gasteiger partial charge >= 0.3 is 6.09 Å². The number of aliphatic hydroxyl groups excluding tert-OH is 1. The molecule has 1 aliphatic heterocycles. The van der Waals surface area contributed by atoms with Crippen LogP contribution >= 0.6 is 0 Å². The van der Waals surface area contributed by atoms with Gasteiger partial charge < -0.3 is 19.9 Å². The second-order valence-corrected chi connectivity index (χ2v) is 13.5. The van der Waals surface area contributed by atoms with E-state index < -0.39 is 52.6 Å². The summed E-state index contributed by atoms with van der Waals surface area (Å²) in [6, 6.07) is 17.7. The van der Waals surface area contributed by atoms with Crippen molar-refractivity contribution in [2.75, 3.05) is 31.6 Å². The van der Waals surface area contributed by atoms with Gasteiger partial charge in [0.25, 0.3) is 5.91 Å². The van der Waals surface area contributed by atoms with Crippen LogP contribution in [0.1, 0.15) is 43.1 Å². The van der Waals surface area contributed by atoms with Gasteiger partial charge in [0, 0.05) is 24.3 Å². The van der Waals surface area contributed by atoms with Crippen LogP contribution in [0, 0.1) is 11.7 Å². The Bertz CT molecular complexity index is 1670. The molecule has 0 saturated carbocycles. The lowest BCUT2D eigenvalue weighted by molar-refractivity contribution is -0.129. The van der Waals surface area contributed by atoms with Crippen molar-refractivity contribution in [2.45, 2.75) is 56.8 Å². The molecule has 1 heterocycles. The molecule has 0 aromatic heterocycles. The van der Waals surface area contributed by atoms with Gasteiger partial charge in [-0.15, -0.1) is 0 Å². The lowest BCUT2D eigenvalue weighted by Crippen LogP contribution is -2.53. The highest BCUT2D eigenvalue weighted by atomic mass is 32.2. The van der Waals surface area contributed by atoms with Crippen molar-refractivity contribution in [3.63, 3.8) is 0 Å². The molecule has 4 rings (SSSR count). The van der Waals surface area contributed by atoms with Crippen LogP contribution in [0.2, 0.25) is 0 Å². The van der Waals surface area contributed by atoms with Crippen LogP contribution in [0.4, 0.5) is 14.9 Å². The Morgan fingerprint density at radius 1 is 1.11 bits per heavy atom. The van der Waals surface area contributed by atoms with E-state index in [0.29, 0.717) is 17.7 Å². The van der Waals surface area contributed by atoms with Gasteiger partial charge in [-0.05, 0) is 67.3 Å². The van der Waals surface area contributed by atoms with Gasteiger partial charge in [-0.3, -0.25) is 14.5 Å². The molecule has 2 amide bonds. The summed E-state index contributed by atoms with van der Waals surface area (Å²) >= 11 is 0. The second kappa shape index (κ2) is 15.5. The molecular weight excluding hydrogens is 629 g/mol. The zero-order valence-corrected chi connectivity index (χ0v) is 27.6. The Labute approximate surface area is 274 Å². The maximum Gasteiger partial charge on any atom is 0.415 e. The number of ether oxygens (including phenoxy) is 2. The quantitative estimate of drug-likeness (QED) is 0.230. The normalized spacial score (nSPS) is 16.8. The number of nitrogens with one attached hydrogen (secondary N) is 1. The fourth-order valence-corrected chi connectivity index (χ4v) is 6.74. The summed E-state index contributed by atoms with van der Waals surface area (Å²) in [5.74, 6) is -1.86. The van der Waals surface area contributed by atoms with E-state index in [1.807, 2.05) is 32.0 Å². The molecule has 3 aromatic carbocycles. The van der Waals surface area contributed by atoms with E-state index in [-0.39, 0.29) is 41.9 Å². The largest absolute Gasteiger partial charge is 0.494 e. The Kier molecular flexibility index (Phi) is 11.7. The number of halogens is 1. The van der Waals surface area contributed by atoms with Crippen LogP contribution in [0.25, 0.3) is 0 Å². The van der Waals surface area contributed by atoms with Crippen LogP contribution in [0.5, 0.6) is 5.75 Å². The van der Waals surface area contributed by atoms with E-state index in [1.165, 1.54) is 31.1 Å². The summed E-state index contributed by atoms with van der Waals surface area (Å²) in [5, 5.41) is 14.3. The first-order chi connectivity index (χ1) is 22.3. The van der Waals surface area contributed by atoms with Crippen molar-refractivity contribution < 1.29 is 41.8 Å². The lowest BCUT2D eigenvalue weighted by Gasteiger charge is -2.31. The van der Waals surface area contributed by atoms with Gasteiger partial charge in [0.2, 0.25) is 10.0 Å². The van der Waals surface area contributed by atoms with Crippen LogP contribution in [-0.4, -0.2) is 80.6 Å². The van der Waals surface area contributed by atoms with Gasteiger partial charge in [-0.2, -0.15) is 4.31 Å². The highest BCUT2D eigenvalue weighted by Gasteiger charge is 2.39. The summed E-state index contributed by atoms with van der Waals surface area (Å²) in [4.78, 5) is 38.8. The summed E-state index contributed by atoms with van der Waals surface area (Å²) in [6.45, 7) is 4.71. The molecule has 13 heteroatoms. The molecule has 0 spiro atoms. The zero-order chi connectivity index (χ0) is 34.3. The van der Waals surface area contributed by atoms with Crippen LogP contribution in [0.3, 0.4) is 0 Å². The van der Waals surface area contributed by atoms with Crippen molar-refractivity contribution in [3.05, 3.63) is 89.7 Å². The number of methoxy groups -OCH3 is 1. The number of hydrogen-bond acceptors (Lipinski definition) is 8. The average molecular weight is 670 g/mol. The molecular formula is C34H40FN3O8S. The van der Waals surface area contributed by atoms with E-state index in [2.05, 4.69) is 5.32 Å². The van der Waals surface area contributed by atoms with Gasteiger partial charge in [0.05, 0.1) is 30.7 Å². The minimum absolute atomic E-state index is 0.0349. The fourth-order valence-electron chi connectivity index (χ4n) is 5.15. The number of Topliss-reactive ketones (excluding diaryl/α,β-unsaturated/α-hetero) is 1. The van der Waals surface area contributed by atoms with E-state index in [4.69, 9.17) is 9.47 Å². The number of carbonyl (C=O) groups excluding carboxylic acids is 3. The number of cyclic esters (lactones) is 1. The molecule has 252 valence electrons. The van der Waals surface area contributed by atoms with Crippen molar-refractivity contribution >= 4 is 33.5 Å². The van der Waals surface area contributed by atoms with Crippen molar-refractivity contribution in [1.82, 2.24) is 9.62 Å². The maximum absolute atomic E-state index is 14.6. The smallest absolute Gasteiger partial charge is 0.415 e. The van der Waals surface area contributed by atoms with Crippen molar-refractivity contribution in [1.29, 1.82) is 0 Å². The molecule has 47 heavy (non-hydrogen) atoms. The summed E-state index contributed by atoms with van der Waals surface area (Å²) in [6.07, 6.45) is -2.60. The predicted octanol–water partition coefficient (Wildman–Crippen LogP) is 4.19. The number of benzene rings is 3. The Balaban J connectivity index is 1.56. The highest BCUT2D eigenvalue weighted by Crippen LogP contribution is 2.26.